The minimum atomic E-state index is -1.09. The van der Waals surface area contributed by atoms with E-state index in [2.05, 4.69) is 11.6 Å². The lowest BCUT2D eigenvalue weighted by molar-refractivity contribution is -0.132. The van der Waals surface area contributed by atoms with Crippen LogP contribution in [0, 0.1) is 6.92 Å². The molecule has 41 heavy (non-hydrogen) atoms. The number of hydrogen-bond acceptors (Lipinski definition) is 10. The summed E-state index contributed by atoms with van der Waals surface area (Å²) < 4.78 is 21.6. The van der Waals surface area contributed by atoms with E-state index in [1.165, 1.54) is 25.2 Å². The molecule has 0 saturated carbocycles. The summed E-state index contributed by atoms with van der Waals surface area (Å²) >= 11 is 0.910. The molecule has 214 valence electrons. The van der Waals surface area contributed by atoms with Crippen molar-refractivity contribution in [2.24, 2.45) is 0 Å². The number of aromatic nitrogens is 1. The van der Waals surface area contributed by atoms with E-state index in [9.17, 15) is 19.5 Å². The summed E-state index contributed by atoms with van der Waals surface area (Å²) in [6.45, 7) is 8.93. The van der Waals surface area contributed by atoms with Crippen molar-refractivity contribution in [1.82, 2.24) is 4.98 Å². The average molecular weight is 579 g/mol. The van der Waals surface area contributed by atoms with E-state index < -0.39 is 23.7 Å². The van der Waals surface area contributed by atoms with Gasteiger partial charge in [0.1, 0.15) is 23.0 Å². The van der Waals surface area contributed by atoms with E-state index in [-0.39, 0.29) is 34.1 Å². The van der Waals surface area contributed by atoms with Crippen LogP contribution in [-0.2, 0) is 14.3 Å². The third kappa shape index (κ3) is 5.80. The molecule has 11 heteroatoms. The first kappa shape index (κ1) is 29.3. The molecule has 1 saturated heterocycles. The number of benzene rings is 2. The fourth-order valence-corrected chi connectivity index (χ4v) is 5.35. The van der Waals surface area contributed by atoms with E-state index >= 15 is 0 Å². The molecule has 0 spiro atoms. The van der Waals surface area contributed by atoms with E-state index in [4.69, 9.17) is 18.9 Å². The number of amides is 1. The predicted molar refractivity (Wildman–Crippen MR) is 154 cm³/mol. The van der Waals surface area contributed by atoms with Crippen LogP contribution in [0.3, 0.4) is 0 Å². The standard InChI is InChI=1S/C30H30N2O8S/c1-7-14-39-29(36)27-17(4)31-30(41-27)32-24(19-10-13-21(37-5)22(15-19)38-6)23(26(34)28(32)35)25(33)18-8-11-20(12-9-18)40-16(2)3/h7-13,15-16,24,33H,1,14H2,2-6H3/b25-23+. The molecule has 0 bridgehead atoms. The van der Waals surface area contributed by atoms with Crippen molar-refractivity contribution >= 4 is 39.9 Å². The summed E-state index contributed by atoms with van der Waals surface area (Å²) in [6, 6.07) is 10.4. The molecular formula is C30H30N2O8S. The van der Waals surface area contributed by atoms with Gasteiger partial charge in [-0.2, -0.15) is 0 Å². The number of aliphatic hydroxyl groups is 1. The summed E-state index contributed by atoms with van der Waals surface area (Å²) in [5, 5.41) is 11.5. The lowest BCUT2D eigenvalue weighted by Crippen LogP contribution is -2.29. The number of aryl methyl sites for hydroxylation is 1. The topological polar surface area (TPSA) is 124 Å². The summed E-state index contributed by atoms with van der Waals surface area (Å²) in [7, 11) is 2.95. The van der Waals surface area contributed by atoms with E-state index in [0.29, 0.717) is 34.1 Å². The number of aliphatic hydroxyl groups excluding tert-OH is 1. The second-order valence-electron chi connectivity index (χ2n) is 9.27. The number of anilines is 1. The maximum Gasteiger partial charge on any atom is 0.350 e. The van der Waals surface area contributed by atoms with Crippen LogP contribution in [0.1, 0.15) is 46.4 Å². The first-order valence-corrected chi connectivity index (χ1v) is 13.5. The second kappa shape index (κ2) is 12.3. The highest BCUT2D eigenvalue weighted by Gasteiger charge is 2.48. The lowest BCUT2D eigenvalue weighted by Gasteiger charge is -2.23. The van der Waals surface area contributed by atoms with Crippen molar-refractivity contribution in [1.29, 1.82) is 0 Å². The minimum absolute atomic E-state index is 0.00264. The molecule has 1 atom stereocenters. The van der Waals surface area contributed by atoms with Gasteiger partial charge in [0.2, 0.25) is 0 Å². The fourth-order valence-electron chi connectivity index (χ4n) is 4.36. The molecule has 2 aromatic carbocycles. The van der Waals surface area contributed by atoms with Gasteiger partial charge in [-0.05, 0) is 62.7 Å². The van der Waals surface area contributed by atoms with E-state index in [0.717, 1.165) is 11.3 Å². The van der Waals surface area contributed by atoms with Gasteiger partial charge in [0.25, 0.3) is 5.78 Å². The van der Waals surface area contributed by atoms with Gasteiger partial charge >= 0.3 is 11.9 Å². The van der Waals surface area contributed by atoms with Gasteiger partial charge in [0.15, 0.2) is 16.6 Å². The molecule has 10 nitrogen and oxygen atoms in total. The monoisotopic (exact) mass is 578 g/mol. The van der Waals surface area contributed by atoms with Gasteiger partial charge in [0, 0.05) is 5.56 Å². The summed E-state index contributed by atoms with van der Waals surface area (Å²) in [6.07, 6.45) is 1.39. The molecule has 1 N–H and O–H groups in total. The normalized spacial score (nSPS) is 16.1. The van der Waals surface area contributed by atoms with E-state index in [1.54, 1.807) is 49.4 Å². The minimum Gasteiger partial charge on any atom is -0.507 e. The highest BCUT2D eigenvalue weighted by atomic mass is 32.1. The van der Waals surface area contributed by atoms with Crippen LogP contribution < -0.4 is 19.1 Å². The van der Waals surface area contributed by atoms with Crippen LogP contribution in [0.5, 0.6) is 17.2 Å². The van der Waals surface area contributed by atoms with Crippen LogP contribution in [0.15, 0.2) is 60.7 Å². The SMILES string of the molecule is C=CCOC(=O)c1sc(N2C(=O)C(=O)/C(=C(/O)c3ccc(OC(C)C)cc3)C2c2ccc(OC)c(OC)c2)nc1C. The molecule has 1 amide bonds. The van der Waals surface area contributed by atoms with Gasteiger partial charge in [-0.3, -0.25) is 14.5 Å². The van der Waals surface area contributed by atoms with Crippen molar-refractivity contribution in [2.45, 2.75) is 32.9 Å². The molecule has 1 unspecified atom stereocenters. The van der Waals surface area contributed by atoms with Gasteiger partial charge in [0.05, 0.1) is 37.6 Å². The van der Waals surface area contributed by atoms with Crippen LogP contribution in [-0.4, -0.2) is 54.7 Å². The Morgan fingerprint density at radius 2 is 1.80 bits per heavy atom. The zero-order valence-electron chi connectivity index (χ0n) is 23.3. The molecule has 0 radical (unpaired) electrons. The van der Waals surface area contributed by atoms with Crippen molar-refractivity contribution in [3.8, 4) is 17.2 Å². The summed E-state index contributed by atoms with van der Waals surface area (Å²) in [4.78, 5) is 45.5. The summed E-state index contributed by atoms with van der Waals surface area (Å²) in [5.41, 5.74) is 0.941. The first-order chi connectivity index (χ1) is 19.6. The number of carbonyl (C=O) groups excluding carboxylic acids is 3. The molecule has 0 aliphatic carbocycles. The van der Waals surface area contributed by atoms with Crippen molar-refractivity contribution in [2.75, 3.05) is 25.7 Å². The number of nitrogens with zero attached hydrogens (tertiary/aromatic N) is 2. The smallest absolute Gasteiger partial charge is 0.350 e. The van der Waals surface area contributed by atoms with E-state index in [1.807, 2.05) is 13.8 Å². The number of rotatable bonds is 10. The number of thiazole rings is 1. The number of methoxy groups -OCH3 is 2. The number of ether oxygens (including phenoxy) is 4. The lowest BCUT2D eigenvalue weighted by atomic mass is 9.95. The highest BCUT2D eigenvalue weighted by Crippen LogP contribution is 2.45. The number of esters is 1. The van der Waals surface area contributed by atoms with Crippen LogP contribution in [0.2, 0.25) is 0 Å². The third-order valence-corrected chi connectivity index (χ3v) is 7.31. The maximum atomic E-state index is 13.5. The van der Waals surface area contributed by atoms with Crippen LogP contribution in [0.4, 0.5) is 5.13 Å². The second-order valence-corrected chi connectivity index (χ2v) is 10.3. The Labute approximate surface area is 241 Å². The number of ketones is 1. The molecule has 1 aliphatic heterocycles. The first-order valence-electron chi connectivity index (χ1n) is 12.7. The highest BCUT2D eigenvalue weighted by molar-refractivity contribution is 7.17. The molecule has 1 aromatic heterocycles. The quantitative estimate of drug-likeness (QED) is 0.113. The third-order valence-electron chi connectivity index (χ3n) is 6.18. The molecule has 2 heterocycles. The predicted octanol–water partition coefficient (Wildman–Crippen LogP) is 5.23. The zero-order chi connectivity index (χ0) is 29.8. The molecule has 1 fully saturated rings. The number of carbonyl (C=O) groups is 3. The van der Waals surface area contributed by atoms with Gasteiger partial charge in [-0.1, -0.05) is 30.1 Å². The average Bonchev–Trinajstić information content (AvgIpc) is 3.47. The van der Waals surface area contributed by atoms with Gasteiger partial charge in [-0.15, -0.1) is 0 Å². The Morgan fingerprint density at radius 1 is 1.12 bits per heavy atom. The Morgan fingerprint density at radius 3 is 2.41 bits per heavy atom. The molecular weight excluding hydrogens is 548 g/mol. The van der Waals surface area contributed by atoms with Crippen molar-refractivity contribution in [3.63, 3.8) is 0 Å². The van der Waals surface area contributed by atoms with Crippen LogP contribution >= 0.6 is 11.3 Å². The molecule has 1 aliphatic rings. The summed E-state index contributed by atoms with van der Waals surface area (Å²) in [5.74, 6) is -1.45. The van der Waals surface area contributed by atoms with Crippen molar-refractivity contribution < 1.29 is 38.4 Å². The Kier molecular flexibility index (Phi) is 8.77. The Hall–Kier alpha value is -4.64. The molecule has 3 aromatic rings. The number of Topliss-reactive ketones (excluding diaryl/α,β-unsaturated/α-hetero) is 1. The number of hydrogen-bond donors (Lipinski definition) is 1. The van der Waals surface area contributed by atoms with Crippen molar-refractivity contribution in [3.05, 3.63) is 82.4 Å². The fraction of sp³-hybridized carbons (Fsp3) is 0.267. The largest absolute Gasteiger partial charge is 0.507 e. The van der Waals surface area contributed by atoms with Gasteiger partial charge in [-0.25, -0.2) is 9.78 Å². The Balaban J connectivity index is 1.89. The van der Waals surface area contributed by atoms with Crippen LogP contribution in [0.25, 0.3) is 5.76 Å². The molecule has 4 rings (SSSR count). The Bertz CT molecular complexity index is 1520. The van der Waals surface area contributed by atoms with Gasteiger partial charge < -0.3 is 24.1 Å². The maximum absolute atomic E-state index is 13.5. The zero-order valence-corrected chi connectivity index (χ0v) is 24.1.